The highest BCUT2D eigenvalue weighted by atomic mass is 35.5. The van der Waals surface area contributed by atoms with Crippen molar-refractivity contribution in [1.82, 2.24) is 4.98 Å². The number of halogens is 1. The third-order valence-corrected chi connectivity index (χ3v) is 6.39. The maximum absolute atomic E-state index is 13.3. The van der Waals surface area contributed by atoms with Crippen LogP contribution >= 0.6 is 22.9 Å². The lowest BCUT2D eigenvalue weighted by atomic mass is 10.1. The number of thiazole rings is 1. The second-order valence-electron chi connectivity index (χ2n) is 6.84. The fraction of sp³-hybridized carbons (Fsp3) is 0.333. The van der Waals surface area contributed by atoms with Crippen molar-refractivity contribution in [3.8, 4) is 5.75 Å². The van der Waals surface area contributed by atoms with Gasteiger partial charge in [0.2, 0.25) is 0 Å². The molecule has 1 aliphatic rings. The molecule has 0 aliphatic carbocycles. The molecule has 146 valence electrons. The van der Waals surface area contributed by atoms with E-state index in [2.05, 4.69) is 0 Å². The summed E-state index contributed by atoms with van der Waals surface area (Å²) in [4.78, 5) is 19.8. The molecule has 0 radical (unpaired) electrons. The molecule has 3 aromatic rings. The normalized spacial score (nSPS) is 16.5. The molecule has 7 heteroatoms. The van der Waals surface area contributed by atoms with Gasteiger partial charge in [0.1, 0.15) is 11.3 Å². The van der Waals surface area contributed by atoms with E-state index in [9.17, 15) is 4.79 Å². The first-order chi connectivity index (χ1) is 13.6. The molecular weight excluding hydrogens is 396 g/mol. The summed E-state index contributed by atoms with van der Waals surface area (Å²) in [5, 5.41) is 1.20. The van der Waals surface area contributed by atoms with Gasteiger partial charge in [0, 0.05) is 12.2 Å². The Morgan fingerprint density at radius 3 is 2.79 bits per heavy atom. The molecule has 1 aliphatic heterocycles. The first-order valence-electron chi connectivity index (χ1n) is 9.20. The number of amides is 1. The van der Waals surface area contributed by atoms with Crippen molar-refractivity contribution in [3.63, 3.8) is 0 Å². The van der Waals surface area contributed by atoms with Crippen LogP contribution in [0.4, 0.5) is 5.13 Å². The zero-order chi connectivity index (χ0) is 19.7. The van der Waals surface area contributed by atoms with E-state index < -0.39 is 0 Å². The third-order valence-electron chi connectivity index (χ3n) is 4.85. The highest BCUT2D eigenvalue weighted by Gasteiger charge is 2.28. The summed E-state index contributed by atoms with van der Waals surface area (Å²) in [5.41, 5.74) is 2.41. The maximum Gasteiger partial charge on any atom is 0.260 e. The van der Waals surface area contributed by atoms with Gasteiger partial charge >= 0.3 is 0 Å². The second kappa shape index (κ2) is 8.07. The molecule has 0 bridgehead atoms. The molecule has 1 fully saturated rings. The van der Waals surface area contributed by atoms with E-state index in [0.29, 0.717) is 33.5 Å². The summed E-state index contributed by atoms with van der Waals surface area (Å²) >= 11 is 7.77. The minimum absolute atomic E-state index is 0.0128. The Hall–Kier alpha value is -2.15. The number of hydrogen-bond acceptors (Lipinski definition) is 5. The van der Waals surface area contributed by atoms with Gasteiger partial charge in [-0.05, 0) is 44.0 Å². The minimum atomic E-state index is -0.0929. The van der Waals surface area contributed by atoms with Gasteiger partial charge in [-0.3, -0.25) is 9.69 Å². The van der Waals surface area contributed by atoms with Crippen molar-refractivity contribution in [3.05, 3.63) is 52.5 Å². The van der Waals surface area contributed by atoms with Gasteiger partial charge in [-0.2, -0.15) is 0 Å². The summed E-state index contributed by atoms with van der Waals surface area (Å²) in [5.74, 6) is 0.548. The van der Waals surface area contributed by atoms with Gasteiger partial charge in [-0.25, -0.2) is 4.98 Å². The molecule has 1 unspecified atom stereocenters. The predicted molar refractivity (Wildman–Crippen MR) is 113 cm³/mol. The minimum Gasteiger partial charge on any atom is -0.494 e. The first kappa shape index (κ1) is 19.2. The number of carbonyl (C=O) groups is 1. The van der Waals surface area contributed by atoms with Crippen LogP contribution in [0.15, 0.2) is 36.4 Å². The Bertz CT molecular complexity index is 997. The van der Waals surface area contributed by atoms with Crippen LogP contribution in [-0.2, 0) is 4.74 Å². The molecule has 1 aromatic heterocycles. The quantitative estimate of drug-likeness (QED) is 0.581. The average Bonchev–Trinajstić information content (AvgIpc) is 3.37. The number of aromatic nitrogens is 1. The Balaban J connectivity index is 1.76. The van der Waals surface area contributed by atoms with Crippen LogP contribution in [0.3, 0.4) is 0 Å². The fourth-order valence-electron chi connectivity index (χ4n) is 3.31. The zero-order valence-electron chi connectivity index (χ0n) is 15.8. The SMILES string of the molecule is COc1ccc(Cl)c2sc(N(CC3CCCO3)C(=O)c3ccc(C)cc3)nc12. The molecule has 5 nitrogen and oxygen atoms in total. The highest BCUT2D eigenvalue weighted by molar-refractivity contribution is 7.23. The van der Waals surface area contributed by atoms with E-state index in [0.717, 1.165) is 29.7 Å². The summed E-state index contributed by atoms with van der Waals surface area (Å²) in [7, 11) is 1.60. The van der Waals surface area contributed by atoms with Crippen molar-refractivity contribution < 1.29 is 14.3 Å². The number of fused-ring (bicyclic) bond motifs is 1. The van der Waals surface area contributed by atoms with Crippen molar-refractivity contribution in [1.29, 1.82) is 0 Å². The third kappa shape index (κ3) is 3.72. The first-order valence-corrected chi connectivity index (χ1v) is 10.4. The van der Waals surface area contributed by atoms with Gasteiger partial charge in [0.25, 0.3) is 5.91 Å². The van der Waals surface area contributed by atoms with E-state index in [1.165, 1.54) is 11.3 Å². The van der Waals surface area contributed by atoms with Crippen LogP contribution in [0.1, 0.15) is 28.8 Å². The number of methoxy groups -OCH3 is 1. The van der Waals surface area contributed by atoms with E-state index in [1.807, 2.05) is 31.2 Å². The van der Waals surface area contributed by atoms with Crippen LogP contribution < -0.4 is 9.64 Å². The smallest absolute Gasteiger partial charge is 0.260 e. The average molecular weight is 417 g/mol. The summed E-state index contributed by atoms with van der Waals surface area (Å²) in [6.45, 7) is 3.20. The molecule has 1 atom stereocenters. The van der Waals surface area contributed by atoms with Crippen molar-refractivity contribution in [2.24, 2.45) is 0 Å². The number of rotatable bonds is 5. The van der Waals surface area contributed by atoms with Crippen LogP contribution in [0.25, 0.3) is 10.2 Å². The number of nitrogens with zero attached hydrogens (tertiary/aromatic N) is 2. The predicted octanol–water partition coefficient (Wildman–Crippen LogP) is 5.09. The van der Waals surface area contributed by atoms with Crippen molar-refractivity contribution >= 4 is 44.2 Å². The van der Waals surface area contributed by atoms with Gasteiger partial charge < -0.3 is 9.47 Å². The number of aryl methyl sites for hydroxylation is 1. The number of anilines is 1. The van der Waals surface area contributed by atoms with E-state index in [1.54, 1.807) is 24.1 Å². The second-order valence-corrected chi connectivity index (χ2v) is 8.23. The largest absolute Gasteiger partial charge is 0.494 e. The molecule has 4 rings (SSSR count). The summed E-state index contributed by atoms with van der Waals surface area (Å²) < 4.78 is 12.0. The van der Waals surface area contributed by atoms with E-state index >= 15 is 0 Å². The van der Waals surface area contributed by atoms with Gasteiger partial charge in [-0.15, -0.1) is 0 Å². The zero-order valence-corrected chi connectivity index (χ0v) is 17.3. The highest BCUT2D eigenvalue weighted by Crippen LogP contribution is 2.39. The lowest BCUT2D eigenvalue weighted by Gasteiger charge is -2.23. The molecule has 28 heavy (non-hydrogen) atoms. The Morgan fingerprint density at radius 1 is 1.32 bits per heavy atom. The monoisotopic (exact) mass is 416 g/mol. The topological polar surface area (TPSA) is 51.7 Å². The van der Waals surface area contributed by atoms with Crippen molar-refractivity contribution in [2.45, 2.75) is 25.9 Å². The van der Waals surface area contributed by atoms with E-state index in [-0.39, 0.29) is 12.0 Å². The number of ether oxygens (including phenoxy) is 2. The number of hydrogen-bond donors (Lipinski definition) is 0. The van der Waals surface area contributed by atoms with Gasteiger partial charge in [0.15, 0.2) is 5.13 Å². The van der Waals surface area contributed by atoms with Crippen LogP contribution in [-0.4, -0.2) is 37.3 Å². The van der Waals surface area contributed by atoms with Gasteiger partial charge in [-0.1, -0.05) is 40.6 Å². The molecule has 0 spiro atoms. The van der Waals surface area contributed by atoms with Crippen LogP contribution in [0.5, 0.6) is 5.75 Å². The molecule has 0 N–H and O–H groups in total. The molecule has 1 saturated heterocycles. The van der Waals surface area contributed by atoms with Crippen LogP contribution in [0, 0.1) is 6.92 Å². The summed E-state index contributed by atoms with van der Waals surface area (Å²) in [6, 6.07) is 11.2. The van der Waals surface area contributed by atoms with Crippen molar-refractivity contribution in [2.75, 3.05) is 25.2 Å². The Morgan fingerprint density at radius 2 is 2.11 bits per heavy atom. The van der Waals surface area contributed by atoms with E-state index in [4.69, 9.17) is 26.1 Å². The number of carbonyl (C=O) groups excluding carboxylic acids is 1. The molecule has 2 heterocycles. The lowest BCUT2D eigenvalue weighted by molar-refractivity contribution is 0.0917. The Labute approximate surface area is 172 Å². The summed E-state index contributed by atoms with van der Waals surface area (Å²) in [6.07, 6.45) is 1.96. The molecular formula is C21H21ClN2O3S. The van der Waals surface area contributed by atoms with Crippen LogP contribution in [0.2, 0.25) is 5.02 Å². The lowest BCUT2D eigenvalue weighted by Crippen LogP contribution is -2.37. The Kier molecular flexibility index (Phi) is 5.53. The molecule has 0 saturated carbocycles. The fourth-order valence-corrected chi connectivity index (χ4v) is 4.58. The molecule has 2 aromatic carbocycles. The number of benzene rings is 2. The maximum atomic E-state index is 13.3. The standard InChI is InChI=1S/C21H21ClN2O3S/c1-13-5-7-14(8-6-13)20(25)24(12-15-4-3-11-27-15)21-23-18-17(26-2)10-9-16(22)19(18)28-21/h5-10,15H,3-4,11-12H2,1-2H3. The molecule has 1 amide bonds. The van der Waals surface area contributed by atoms with Gasteiger partial charge in [0.05, 0.1) is 29.5 Å².